The van der Waals surface area contributed by atoms with Crippen LogP contribution in [0.1, 0.15) is 37.0 Å². The van der Waals surface area contributed by atoms with Crippen LogP contribution in [0.4, 0.5) is 4.79 Å². The van der Waals surface area contributed by atoms with Crippen LogP contribution in [0.15, 0.2) is 36.4 Å². The van der Waals surface area contributed by atoms with E-state index in [0.717, 1.165) is 29.7 Å². The van der Waals surface area contributed by atoms with Crippen molar-refractivity contribution < 1.29 is 28.0 Å². The molecule has 2 aliphatic rings. The lowest BCUT2D eigenvalue weighted by atomic mass is 9.97. The van der Waals surface area contributed by atoms with E-state index in [1.807, 2.05) is 30.3 Å². The summed E-state index contributed by atoms with van der Waals surface area (Å²) in [6.07, 6.45) is 2.64. The lowest BCUT2D eigenvalue weighted by Gasteiger charge is -2.33. The molecular weight excluding hydrogens is 490 g/mol. The van der Waals surface area contributed by atoms with Gasteiger partial charge in [0.15, 0.2) is 9.84 Å². The molecule has 0 aliphatic carbocycles. The van der Waals surface area contributed by atoms with Gasteiger partial charge < -0.3 is 14.5 Å². The third-order valence-corrected chi connectivity index (χ3v) is 10.9. The first-order valence-electron chi connectivity index (χ1n) is 11.7. The highest BCUT2D eigenvalue weighted by Crippen LogP contribution is 2.45. The number of urea groups is 1. The molecule has 2 aromatic rings. The maximum absolute atomic E-state index is 13.7. The van der Waals surface area contributed by atoms with Gasteiger partial charge in [-0.2, -0.15) is 0 Å². The van der Waals surface area contributed by atoms with Crippen LogP contribution >= 0.6 is 11.3 Å². The molecule has 2 fully saturated rings. The zero-order chi connectivity index (χ0) is 25.1. The number of piperidine rings is 1. The molecule has 3 heterocycles. The summed E-state index contributed by atoms with van der Waals surface area (Å²) < 4.78 is 31.1. The number of carbonyl (C=O) groups excluding carboxylic acids is 2. The predicted octanol–water partition coefficient (Wildman–Crippen LogP) is 3.24. The molecule has 2 N–H and O–H groups in total. The van der Waals surface area contributed by atoms with Crippen molar-refractivity contribution >= 4 is 33.1 Å². The van der Waals surface area contributed by atoms with Crippen molar-refractivity contribution in [1.82, 2.24) is 15.3 Å². The Bertz CT molecular complexity index is 1160. The van der Waals surface area contributed by atoms with Crippen molar-refractivity contribution in [2.75, 3.05) is 39.0 Å². The molecule has 0 radical (unpaired) electrons. The zero-order valence-electron chi connectivity index (χ0n) is 19.7. The number of amides is 3. The highest BCUT2D eigenvalue weighted by atomic mass is 32.2. The highest BCUT2D eigenvalue weighted by molar-refractivity contribution is 7.92. The number of ether oxygens (including phenoxy) is 1. The predicted molar refractivity (Wildman–Crippen MR) is 133 cm³/mol. The van der Waals surface area contributed by atoms with Gasteiger partial charge in [0.2, 0.25) is 5.91 Å². The fraction of sp³-hybridized carbons (Fsp3) is 0.500. The second-order valence-electron chi connectivity index (χ2n) is 8.98. The van der Waals surface area contributed by atoms with Crippen molar-refractivity contribution in [3.05, 3.63) is 41.3 Å². The van der Waals surface area contributed by atoms with Gasteiger partial charge in [-0.1, -0.05) is 0 Å². The van der Waals surface area contributed by atoms with Crippen molar-refractivity contribution in [2.24, 2.45) is 0 Å². The van der Waals surface area contributed by atoms with Crippen LogP contribution in [0, 0.1) is 0 Å². The smallest absolute Gasteiger partial charge is 0.320 e. The Morgan fingerprint density at radius 1 is 1.03 bits per heavy atom. The first-order chi connectivity index (χ1) is 16.8. The molecule has 0 unspecified atom stereocenters. The van der Waals surface area contributed by atoms with Crippen LogP contribution in [0.2, 0.25) is 0 Å². The topological polar surface area (TPSA) is 116 Å². The number of hydrogen-bond acceptors (Lipinski definition) is 7. The summed E-state index contributed by atoms with van der Waals surface area (Å²) in [6.45, 7) is 1.65. The number of thiophene rings is 1. The summed E-state index contributed by atoms with van der Waals surface area (Å²) >= 11 is 1.31. The van der Waals surface area contributed by atoms with Crippen molar-refractivity contribution in [1.29, 1.82) is 0 Å². The van der Waals surface area contributed by atoms with E-state index in [0.29, 0.717) is 23.7 Å². The summed E-state index contributed by atoms with van der Waals surface area (Å²) in [5.74, 6) is -0.309. The number of methoxy groups -OCH3 is 1. The van der Waals surface area contributed by atoms with E-state index in [4.69, 9.17) is 4.74 Å². The van der Waals surface area contributed by atoms with Gasteiger partial charge in [0.05, 0.1) is 19.3 Å². The standard InChI is InChI=1S/C24H31N3O6S2/c1-33-19-7-5-18(6-8-19)20-9-10-21(34-20)24(17-22(28)25-30)11-14-27(15-16-35(24,31)32)23(29)26-12-3-2-4-13-26/h5-10,30H,2-4,11-17H2,1H3,(H,25,28)/t24-/m0/s1. The van der Waals surface area contributed by atoms with E-state index in [-0.39, 0.29) is 31.3 Å². The van der Waals surface area contributed by atoms with E-state index >= 15 is 0 Å². The molecular formula is C24H31N3O6S2. The average molecular weight is 522 g/mol. The number of carbonyl (C=O) groups is 2. The minimum Gasteiger partial charge on any atom is -0.497 e. The molecule has 2 aliphatic heterocycles. The summed E-state index contributed by atoms with van der Waals surface area (Å²) in [5.41, 5.74) is 2.50. The SMILES string of the molecule is COc1ccc(-c2ccc([C@@]3(CC(=O)NO)CCN(C(=O)N4CCCCC4)CCS3(=O)=O)s2)cc1. The first-order valence-corrected chi connectivity index (χ1v) is 14.2. The molecule has 1 aromatic carbocycles. The largest absolute Gasteiger partial charge is 0.497 e. The van der Waals surface area contributed by atoms with Crippen LogP contribution < -0.4 is 10.2 Å². The van der Waals surface area contributed by atoms with Crippen LogP contribution in [0.5, 0.6) is 5.75 Å². The van der Waals surface area contributed by atoms with E-state index in [2.05, 4.69) is 0 Å². The van der Waals surface area contributed by atoms with Crippen LogP contribution in [-0.4, -0.2) is 74.4 Å². The summed E-state index contributed by atoms with van der Waals surface area (Å²) in [7, 11) is -2.26. The minimum absolute atomic E-state index is 0.0743. The van der Waals surface area contributed by atoms with Gasteiger partial charge in [0.1, 0.15) is 10.5 Å². The molecule has 0 bridgehead atoms. The van der Waals surface area contributed by atoms with Crippen molar-refractivity contribution in [2.45, 2.75) is 36.9 Å². The van der Waals surface area contributed by atoms with Crippen molar-refractivity contribution in [3.8, 4) is 16.2 Å². The Kier molecular flexibility index (Phi) is 7.67. The molecule has 0 spiro atoms. The highest BCUT2D eigenvalue weighted by Gasteiger charge is 2.50. The maximum Gasteiger partial charge on any atom is 0.320 e. The Labute approximate surface area is 209 Å². The van der Waals surface area contributed by atoms with Gasteiger partial charge in [0, 0.05) is 35.9 Å². The summed E-state index contributed by atoms with van der Waals surface area (Å²) in [6, 6.07) is 10.9. The van der Waals surface area contributed by atoms with Crippen LogP contribution in [-0.2, 0) is 19.4 Å². The van der Waals surface area contributed by atoms with E-state index < -0.39 is 26.9 Å². The van der Waals surface area contributed by atoms with E-state index in [1.54, 1.807) is 28.5 Å². The first kappa shape index (κ1) is 25.5. The Balaban J connectivity index is 1.67. The van der Waals surface area contributed by atoms with Gasteiger partial charge in [0.25, 0.3) is 0 Å². The fourth-order valence-corrected chi connectivity index (χ4v) is 8.45. The second kappa shape index (κ2) is 10.5. The van der Waals surface area contributed by atoms with Crippen LogP contribution in [0.3, 0.4) is 0 Å². The molecule has 3 amide bonds. The van der Waals surface area contributed by atoms with Crippen LogP contribution in [0.25, 0.3) is 10.4 Å². The maximum atomic E-state index is 13.7. The molecule has 11 heteroatoms. The molecule has 190 valence electrons. The Morgan fingerprint density at radius 3 is 2.37 bits per heavy atom. The second-order valence-corrected chi connectivity index (χ2v) is 12.5. The lowest BCUT2D eigenvalue weighted by molar-refractivity contribution is -0.129. The third kappa shape index (κ3) is 5.17. The molecule has 4 rings (SSSR count). The quantitative estimate of drug-likeness (QED) is 0.461. The third-order valence-electron chi connectivity index (χ3n) is 6.91. The Morgan fingerprint density at radius 2 is 1.71 bits per heavy atom. The van der Waals surface area contributed by atoms with Gasteiger partial charge in [-0.25, -0.2) is 18.7 Å². The number of benzene rings is 1. The van der Waals surface area contributed by atoms with Gasteiger partial charge in [-0.15, -0.1) is 11.3 Å². The molecule has 2 saturated heterocycles. The normalized spacial score (nSPS) is 22.3. The number of nitrogens with zero attached hydrogens (tertiary/aromatic N) is 2. The molecule has 0 saturated carbocycles. The average Bonchev–Trinajstić information content (AvgIpc) is 3.34. The fourth-order valence-electron chi connectivity index (χ4n) is 4.84. The number of hydroxylamine groups is 1. The van der Waals surface area contributed by atoms with E-state index in [9.17, 15) is 23.2 Å². The lowest BCUT2D eigenvalue weighted by Crippen LogP contribution is -2.46. The molecule has 35 heavy (non-hydrogen) atoms. The number of nitrogens with one attached hydrogen (secondary N) is 1. The summed E-state index contributed by atoms with van der Waals surface area (Å²) in [4.78, 5) is 30.2. The molecule has 1 atom stereocenters. The van der Waals surface area contributed by atoms with Crippen molar-refractivity contribution in [3.63, 3.8) is 0 Å². The number of hydrogen-bond donors (Lipinski definition) is 2. The molecule has 1 aromatic heterocycles. The van der Waals surface area contributed by atoms with Gasteiger partial charge in [-0.05, 0) is 67.6 Å². The Hall–Kier alpha value is -2.63. The van der Waals surface area contributed by atoms with Gasteiger partial charge >= 0.3 is 6.03 Å². The van der Waals surface area contributed by atoms with E-state index in [1.165, 1.54) is 11.3 Å². The number of sulfone groups is 1. The number of likely N-dealkylation sites (tertiary alicyclic amines) is 1. The van der Waals surface area contributed by atoms with Gasteiger partial charge in [-0.3, -0.25) is 10.0 Å². The molecule has 9 nitrogen and oxygen atoms in total. The zero-order valence-corrected chi connectivity index (χ0v) is 21.4. The monoisotopic (exact) mass is 521 g/mol. The minimum atomic E-state index is -3.85. The number of rotatable bonds is 5. The summed E-state index contributed by atoms with van der Waals surface area (Å²) in [5, 5.41) is 9.24.